The fourth-order valence-corrected chi connectivity index (χ4v) is 1.23. The largest absolute Gasteiger partial charge is 0.473 e. The Morgan fingerprint density at radius 3 is 2.88 bits per heavy atom. The highest BCUT2D eigenvalue weighted by Crippen LogP contribution is 2.16. The standard InChI is InChI=1S/C12H18FNO3/c1-2-3-6-16-7-8-17-12-11(13)10(9-15)4-5-14-12/h4-5,15H,2-3,6-9H2,1H3. The maximum Gasteiger partial charge on any atom is 0.250 e. The summed E-state index contributed by atoms with van der Waals surface area (Å²) in [4.78, 5) is 3.76. The van der Waals surface area contributed by atoms with Crippen molar-refractivity contribution in [2.24, 2.45) is 0 Å². The summed E-state index contributed by atoms with van der Waals surface area (Å²) >= 11 is 0. The van der Waals surface area contributed by atoms with Crippen molar-refractivity contribution in [1.29, 1.82) is 0 Å². The molecule has 1 N–H and O–H groups in total. The molecular formula is C12H18FNO3. The zero-order valence-corrected chi connectivity index (χ0v) is 9.99. The Labute approximate surface area is 100 Å². The molecule has 0 bridgehead atoms. The van der Waals surface area contributed by atoms with E-state index in [2.05, 4.69) is 11.9 Å². The molecule has 0 aliphatic rings. The number of hydrogen-bond donors (Lipinski definition) is 1. The summed E-state index contributed by atoms with van der Waals surface area (Å²) in [5, 5.41) is 8.86. The molecular weight excluding hydrogens is 225 g/mol. The second-order valence-corrected chi connectivity index (χ2v) is 3.56. The van der Waals surface area contributed by atoms with Gasteiger partial charge in [0.05, 0.1) is 13.2 Å². The van der Waals surface area contributed by atoms with Crippen molar-refractivity contribution in [3.63, 3.8) is 0 Å². The molecule has 96 valence electrons. The maximum atomic E-state index is 13.5. The number of halogens is 1. The molecule has 1 heterocycles. The summed E-state index contributed by atoms with van der Waals surface area (Å²) in [6, 6.07) is 1.42. The minimum Gasteiger partial charge on any atom is -0.473 e. The third-order valence-electron chi connectivity index (χ3n) is 2.22. The second-order valence-electron chi connectivity index (χ2n) is 3.56. The zero-order chi connectivity index (χ0) is 12.5. The van der Waals surface area contributed by atoms with Crippen LogP contribution in [0.4, 0.5) is 4.39 Å². The number of nitrogens with zero attached hydrogens (tertiary/aromatic N) is 1. The van der Waals surface area contributed by atoms with Crippen molar-refractivity contribution >= 4 is 0 Å². The predicted molar refractivity (Wildman–Crippen MR) is 61.3 cm³/mol. The van der Waals surface area contributed by atoms with E-state index in [1.165, 1.54) is 12.3 Å². The molecule has 0 amide bonds. The molecule has 0 atom stereocenters. The number of unbranched alkanes of at least 4 members (excludes halogenated alkanes) is 1. The van der Waals surface area contributed by atoms with E-state index in [1.807, 2.05) is 0 Å². The average molecular weight is 243 g/mol. The van der Waals surface area contributed by atoms with Crippen LogP contribution in [0, 0.1) is 5.82 Å². The normalized spacial score (nSPS) is 10.5. The number of hydrogen-bond acceptors (Lipinski definition) is 4. The van der Waals surface area contributed by atoms with Crippen LogP contribution in [0.5, 0.6) is 5.88 Å². The fourth-order valence-electron chi connectivity index (χ4n) is 1.23. The minimum absolute atomic E-state index is 0.0874. The highest BCUT2D eigenvalue weighted by atomic mass is 19.1. The van der Waals surface area contributed by atoms with E-state index in [0.29, 0.717) is 13.2 Å². The van der Waals surface area contributed by atoms with Crippen molar-refractivity contribution in [2.75, 3.05) is 19.8 Å². The minimum atomic E-state index is -0.608. The number of pyridine rings is 1. The monoisotopic (exact) mass is 243 g/mol. The Kier molecular flexibility index (Phi) is 6.50. The average Bonchev–Trinajstić information content (AvgIpc) is 2.35. The molecule has 0 unspecified atom stereocenters. The first-order valence-electron chi connectivity index (χ1n) is 5.74. The third kappa shape index (κ3) is 4.66. The smallest absolute Gasteiger partial charge is 0.250 e. The summed E-state index contributed by atoms with van der Waals surface area (Å²) in [7, 11) is 0. The molecule has 1 aromatic rings. The molecule has 0 saturated heterocycles. The van der Waals surface area contributed by atoms with Gasteiger partial charge in [0.15, 0.2) is 5.82 Å². The molecule has 0 aliphatic carbocycles. The van der Waals surface area contributed by atoms with E-state index in [0.717, 1.165) is 12.8 Å². The molecule has 0 radical (unpaired) electrons. The van der Waals surface area contributed by atoms with Gasteiger partial charge in [-0.25, -0.2) is 9.37 Å². The van der Waals surface area contributed by atoms with Crippen LogP contribution in [0.15, 0.2) is 12.3 Å². The Bertz CT molecular complexity index is 334. The lowest BCUT2D eigenvalue weighted by Crippen LogP contribution is -2.10. The Morgan fingerprint density at radius 2 is 2.18 bits per heavy atom. The van der Waals surface area contributed by atoms with E-state index in [9.17, 15) is 4.39 Å². The van der Waals surface area contributed by atoms with Crippen molar-refractivity contribution in [2.45, 2.75) is 26.4 Å². The Hall–Kier alpha value is -1.20. The van der Waals surface area contributed by atoms with Gasteiger partial charge in [-0.15, -0.1) is 0 Å². The van der Waals surface area contributed by atoms with Crippen LogP contribution in [0.25, 0.3) is 0 Å². The van der Waals surface area contributed by atoms with Gasteiger partial charge < -0.3 is 14.6 Å². The lowest BCUT2D eigenvalue weighted by atomic mass is 10.3. The van der Waals surface area contributed by atoms with E-state index in [1.54, 1.807) is 0 Å². The van der Waals surface area contributed by atoms with Crippen LogP contribution in [-0.4, -0.2) is 29.9 Å². The molecule has 0 aromatic carbocycles. The number of ether oxygens (including phenoxy) is 2. The van der Waals surface area contributed by atoms with Crippen LogP contribution in [0.3, 0.4) is 0 Å². The topological polar surface area (TPSA) is 51.6 Å². The summed E-state index contributed by atoms with van der Waals surface area (Å²) in [6.45, 7) is 3.07. The molecule has 1 aromatic heterocycles. The van der Waals surface area contributed by atoms with Gasteiger partial charge in [-0.1, -0.05) is 13.3 Å². The fraction of sp³-hybridized carbons (Fsp3) is 0.583. The van der Waals surface area contributed by atoms with Crippen molar-refractivity contribution in [3.8, 4) is 5.88 Å². The lowest BCUT2D eigenvalue weighted by molar-refractivity contribution is 0.0947. The van der Waals surface area contributed by atoms with Crippen LogP contribution < -0.4 is 4.74 Å². The molecule has 0 saturated carbocycles. The molecule has 17 heavy (non-hydrogen) atoms. The first kappa shape index (κ1) is 13.9. The molecule has 0 aliphatic heterocycles. The summed E-state index contributed by atoms with van der Waals surface area (Å²) < 4.78 is 23.9. The highest BCUT2D eigenvalue weighted by molar-refractivity contribution is 5.22. The van der Waals surface area contributed by atoms with E-state index < -0.39 is 5.82 Å². The van der Waals surface area contributed by atoms with Gasteiger partial charge in [0, 0.05) is 18.4 Å². The summed E-state index contributed by atoms with van der Waals surface area (Å²) in [6.07, 6.45) is 3.49. The summed E-state index contributed by atoms with van der Waals surface area (Å²) in [5.41, 5.74) is 0.182. The van der Waals surface area contributed by atoms with Gasteiger partial charge in [0.2, 0.25) is 0 Å². The molecule has 4 nitrogen and oxygen atoms in total. The van der Waals surface area contributed by atoms with Crippen LogP contribution in [0.1, 0.15) is 25.3 Å². The number of aromatic nitrogens is 1. The predicted octanol–water partition coefficient (Wildman–Crippen LogP) is 1.91. The number of aliphatic hydroxyl groups excluding tert-OH is 1. The maximum absolute atomic E-state index is 13.5. The first-order chi connectivity index (χ1) is 8.29. The van der Waals surface area contributed by atoms with Gasteiger partial charge >= 0.3 is 0 Å². The van der Waals surface area contributed by atoms with Crippen molar-refractivity contribution < 1.29 is 19.0 Å². The lowest BCUT2D eigenvalue weighted by Gasteiger charge is -2.08. The van der Waals surface area contributed by atoms with Gasteiger partial charge in [-0.05, 0) is 12.5 Å². The molecule has 5 heteroatoms. The molecule has 1 rings (SSSR count). The Balaban J connectivity index is 2.31. The van der Waals surface area contributed by atoms with Crippen LogP contribution in [-0.2, 0) is 11.3 Å². The summed E-state index contributed by atoms with van der Waals surface area (Å²) in [5.74, 6) is -0.695. The van der Waals surface area contributed by atoms with Crippen molar-refractivity contribution in [3.05, 3.63) is 23.6 Å². The molecule has 0 fully saturated rings. The van der Waals surface area contributed by atoms with Crippen molar-refractivity contribution in [1.82, 2.24) is 4.98 Å². The van der Waals surface area contributed by atoms with Crippen LogP contribution >= 0.6 is 0 Å². The second kappa shape index (κ2) is 7.97. The SMILES string of the molecule is CCCCOCCOc1nccc(CO)c1F. The van der Waals surface area contributed by atoms with E-state index >= 15 is 0 Å². The van der Waals surface area contributed by atoms with Gasteiger partial charge in [-0.3, -0.25) is 0 Å². The quantitative estimate of drug-likeness (QED) is 0.709. The van der Waals surface area contributed by atoms with Crippen LogP contribution in [0.2, 0.25) is 0 Å². The van der Waals surface area contributed by atoms with Gasteiger partial charge in [-0.2, -0.15) is 0 Å². The number of rotatable bonds is 8. The Morgan fingerprint density at radius 1 is 1.35 bits per heavy atom. The highest BCUT2D eigenvalue weighted by Gasteiger charge is 2.09. The third-order valence-corrected chi connectivity index (χ3v) is 2.22. The van der Waals surface area contributed by atoms with Gasteiger partial charge in [0.25, 0.3) is 5.88 Å². The van der Waals surface area contributed by atoms with E-state index in [-0.39, 0.29) is 24.7 Å². The zero-order valence-electron chi connectivity index (χ0n) is 9.99. The van der Waals surface area contributed by atoms with Gasteiger partial charge in [0.1, 0.15) is 6.61 Å². The van der Waals surface area contributed by atoms with E-state index in [4.69, 9.17) is 14.6 Å². The first-order valence-corrected chi connectivity index (χ1v) is 5.74. The molecule has 0 spiro atoms. The number of aliphatic hydroxyl groups is 1.